The standard InChI is InChI=1S/C18H29N3O4/c1-18(2,3)11-13(19-16(24)12-7-5-4-6-8-12)15(23)17(25)21-10-9-14(22)20-21/h12-13H,4-11H2,1-3H3,(H,19,24)(H,20,22). The van der Waals surface area contributed by atoms with Gasteiger partial charge in [0.25, 0.3) is 0 Å². The summed E-state index contributed by atoms with van der Waals surface area (Å²) in [6.07, 6.45) is 5.41. The summed E-state index contributed by atoms with van der Waals surface area (Å²) in [4.78, 5) is 48.9. The Hall–Kier alpha value is -1.92. The minimum atomic E-state index is -0.862. The summed E-state index contributed by atoms with van der Waals surface area (Å²) < 4.78 is 0. The van der Waals surface area contributed by atoms with Gasteiger partial charge in [0.05, 0.1) is 12.6 Å². The molecule has 3 amide bonds. The van der Waals surface area contributed by atoms with Gasteiger partial charge in [0.15, 0.2) is 0 Å². The zero-order chi connectivity index (χ0) is 18.6. The van der Waals surface area contributed by atoms with Crippen LogP contribution in [0.5, 0.6) is 0 Å². The predicted molar refractivity (Wildman–Crippen MR) is 92.1 cm³/mol. The zero-order valence-corrected chi connectivity index (χ0v) is 15.4. The lowest BCUT2D eigenvalue weighted by atomic mass is 9.85. The van der Waals surface area contributed by atoms with Gasteiger partial charge in [-0.2, -0.15) is 0 Å². The molecule has 1 saturated heterocycles. The summed E-state index contributed by atoms with van der Waals surface area (Å²) >= 11 is 0. The van der Waals surface area contributed by atoms with Gasteiger partial charge in [0.2, 0.25) is 17.6 Å². The van der Waals surface area contributed by atoms with Gasteiger partial charge in [0, 0.05) is 12.3 Å². The number of hydrogen-bond donors (Lipinski definition) is 2. The van der Waals surface area contributed by atoms with E-state index in [1.54, 1.807) is 0 Å². The number of ketones is 1. The van der Waals surface area contributed by atoms with E-state index in [0.29, 0.717) is 6.42 Å². The third kappa shape index (κ3) is 5.54. The number of hydrogen-bond acceptors (Lipinski definition) is 4. The first-order valence-corrected chi connectivity index (χ1v) is 9.13. The van der Waals surface area contributed by atoms with Crippen molar-refractivity contribution < 1.29 is 19.2 Å². The van der Waals surface area contributed by atoms with E-state index in [1.807, 2.05) is 20.8 Å². The summed E-state index contributed by atoms with van der Waals surface area (Å²) in [7, 11) is 0. The molecule has 0 aromatic carbocycles. The van der Waals surface area contributed by atoms with Gasteiger partial charge in [0.1, 0.15) is 0 Å². The van der Waals surface area contributed by atoms with Gasteiger partial charge in [-0.15, -0.1) is 0 Å². The topological polar surface area (TPSA) is 95.6 Å². The third-order valence-corrected chi connectivity index (χ3v) is 4.70. The average molecular weight is 351 g/mol. The first-order valence-electron chi connectivity index (χ1n) is 9.13. The van der Waals surface area contributed by atoms with E-state index in [9.17, 15) is 19.2 Å². The van der Waals surface area contributed by atoms with Crippen LogP contribution in [0, 0.1) is 11.3 Å². The fourth-order valence-electron chi connectivity index (χ4n) is 3.39. The second kappa shape index (κ2) is 7.97. The first-order chi connectivity index (χ1) is 11.7. The van der Waals surface area contributed by atoms with Crippen LogP contribution < -0.4 is 10.7 Å². The van der Waals surface area contributed by atoms with Crippen LogP contribution in [0.1, 0.15) is 65.7 Å². The minimum absolute atomic E-state index is 0.0781. The third-order valence-electron chi connectivity index (χ3n) is 4.70. The Morgan fingerprint density at radius 2 is 1.84 bits per heavy atom. The van der Waals surface area contributed by atoms with Crippen molar-refractivity contribution in [2.24, 2.45) is 11.3 Å². The van der Waals surface area contributed by atoms with E-state index in [-0.39, 0.29) is 36.1 Å². The van der Waals surface area contributed by atoms with Crippen LogP contribution in [-0.2, 0) is 19.2 Å². The first kappa shape index (κ1) is 19.4. The lowest BCUT2D eigenvalue weighted by Crippen LogP contribution is -2.53. The number of nitrogens with zero attached hydrogens (tertiary/aromatic N) is 1. The number of nitrogens with one attached hydrogen (secondary N) is 2. The molecule has 1 aliphatic heterocycles. The molecule has 25 heavy (non-hydrogen) atoms. The molecule has 0 bridgehead atoms. The maximum absolute atomic E-state index is 12.7. The van der Waals surface area contributed by atoms with Gasteiger partial charge in [-0.3, -0.25) is 24.6 Å². The van der Waals surface area contributed by atoms with Crippen molar-refractivity contribution in [2.45, 2.75) is 71.8 Å². The van der Waals surface area contributed by atoms with E-state index < -0.39 is 17.7 Å². The van der Waals surface area contributed by atoms with E-state index in [4.69, 9.17) is 0 Å². The van der Waals surface area contributed by atoms with Crippen LogP contribution in [-0.4, -0.2) is 41.1 Å². The highest BCUT2D eigenvalue weighted by molar-refractivity contribution is 6.38. The predicted octanol–water partition coefficient (Wildman–Crippen LogP) is 1.32. The summed E-state index contributed by atoms with van der Waals surface area (Å²) in [6, 6.07) is -0.862. The highest BCUT2D eigenvalue weighted by Crippen LogP contribution is 2.25. The van der Waals surface area contributed by atoms with E-state index in [0.717, 1.165) is 37.1 Å². The summed E-state index contributed by atoms with van der Waals surface area (Å²) in [5.74, 6) is -1.92. The van der Waals surface area contributed by atoms with Crippen LogP contribution in [0.2, 0.25) is 0 Å². The molecule has 0 radical (unpaired) electrons. The Labute approximate surface area is 148 Å². The highest BCUT2D eigenvalue weighted by atomic mass is 16.2. The normalized spacial score (nSPS) is 20.1. The van der Waals surface area contributed by atoms with Crippen LogP contribution in [0.3, 0.4) is 0 Å². The van der Waals surface area contributed by atoms with Crippen LogP contribution in [0.15, 0.2) is 0 Å². The molecule has 1 atom stereocenters. The van der Waals surface area contributed by atoms with Crippen molar-refractivity contribution in [1.82, 2.24) is 15.8 Å². The molecule has 2 fully saturated rings. The van der Waals surface area contributed by atoms with Gasteiger partial charge in [-0.05, 0) is 24.7 Å². The van der Waals surface area contributed by atoms with Crippen molar-refractivity contribution in [3.8, 4) is 0 Å². The summed E-state index contributed by atoms with van der Waals surface area (Å²) in [5, 5.41) is 3.86. The molecule has 140 valence electrons. The maximum Gasteiger partial charge on any atom is 0.310 e. The summed E-state index contributed by atoms with van der Waals surface area (Å²) in [5.41, 5.74) is 2.15. The minimum Gasteiger partial charge on any atom is -0.345 e. The Bertz CT molecular complexity index is 547. The number of Topliss-reactive ketones (excluding diaryl/α,β-unsaturated/α-hetero) is 1. The smallest absolute Gasteiger partial charge is 0.310 e. The van der Waals surface area contributed by atoms with Crippen molar-refractivity contribution in [3.05, 3.63) is 0 Å². The number of hydrazine groups is 1. The second-order valence-corrected chi connectivity index (χ2v) is 8.27. The van der Waals surface area contributed by atoms with Crippen molar-refractivity contribution in [2.75, 3.05) is 6.54 Å². The number of rotatable bonds is 5. The lowest BCUT2D eigenvalue weighted by molar-refractivity contribution is -0.148. The van der Waals surface area contributed by atoms with Gasteiger partial charge >= 0.3 is 5.91 Å². The summed E-state index contributed by atoms with van der Waals surface area (Å²) in [6.45, 7) is 6.06. The zero-order valence-electron chi connectivity index (χ0n) is 15.4. The van der Waals surface area contributed by atoms with E-state index >= 15 is 0 Å². The molecule has 1 unspecified atom stereocenters. The second-order valence-electron chi connectivity index (χ2n) is 8.27. The number of carbonyl (C=O) groups is 4. The molecule has 2 N–H and O–H groups in total. The molecule has 1 heterocycles. The molecule has 0 spiro atoms. The Morgan fingerprint density at radius 1 is 1.20 bits per heavy atom. The van der Waals surface area contributed by atoms with Crippen LogP contribution in [0.4, 0.5) is 0 Å². The molecule has 0 aromatic rings. The molecule has 2 rings (SSSR count). The van der Waals surface area contributed by atoms with Gasteiger partial charge in [-0.1, -0.05) is 40.0 Å². The Balaban J connectivity index is 2.05. The maximum atomic E-state index is 12.7. The van der Waals surface area contributed by atoms with Crippen LogP contribution >= 0.6 is 0 Å². The highest BCUT2D eigenvalue weighted by Gasteiger charge is 2.36. The van der Waals surface area contributed by atoms with Crippen molar-refractivity contribution in [1.29, 1.82) is 0 Å². The quantitative estimate of drug-likeness (QED) is 0.730. The van der Waals surface area contributed by atoms with Gasteiger partial charge in [-0.25, -0.2) is 5.01 Å². The van der Waals surface area contributed by atoms with E-state index in [1.165, 1.54) is 0 Å². The fourth-order valence-corrected chi connectivity index (χ4v) is 3.39. The average Bonchev–Trinajstić information content (AvgIpc) is 2.99. The van der Waals surface area contributed by atoms with Gasteiger partial charge < -0.3 is 5.32 Å². The molecular formula is C18H29N3O4. The number of amides is 3. The molecule has 7 heteroatoms. The largest absolute Gasteiger partial charge is 0.345 e. The lowest BCUT2D eigenvalue weighted by Gasteiger charge is -2.29. The Kier molecular flexibility index (Phi) is 6.19. The van der Waals surface area contributed by atoms with Crippen LogP contribution in [0.25, 0.3) is 0 Å². The molecule has 1 saturated carbocycles. The van der Waals surface area contributed by atoms with Crippen molar-refractivity contribution >= 4 is 23.5 Å². The molecular weight excluding hydrogens is 322 g/mol. The van der Waals surface area contributed by atoms with E-state index in [2.05, 4.69) is 10.7 Å². The van der Waals surface area contributed by atoms with Crippen molar-refractivity contribution in [3.63, 3.8) is 0 Å². The molecule has 2 aliphatic rings. The fraction of sp³-hybridized carbons (Fsp3) is 0.778. The SMILES string of the molecule is CC(C)(C)CC(NC(=O)C1CCCCC1)C(=O)C(=O)N1CCC(=O)N1. The molecule has 7 nitrogen and oxygen atoms in total. The monoisotopic (exact) mass is 351 g/mol. The molecule has 0 aromatic heterocycles. The Morgan fingerprint density at radius 3 is 2.36 bits per heavy atom. The molecule has 1 aliphatic carbocycles. The number of carbonyl (C=O) groups excluding carboxylic acids is 4.